The molecule has 1 aliphatic carbocycles. The molecular formula is C24H23N3O4. The van der Waals surface area contributed by atoms with Crippen molar-refractivity contribution in [3.8, 4) is 0 Å². The highest BCUT2D eigenvalue weighted by molar-refractivity contribution is 5.96. The van der Waals surface area contributed by atoms with Gasteiger partial charge in [-0.3, -0.25) is 9.69 Å². The molecule has 1 N–H and O–H groups in total. The van der Waals surface area contributed by atoms with Crippen LogP contribution in [0, 0.1) is 0 Å². The number of benzene rings is 2. The van der Waals surface area contributed by atoms with Crippen molar-refractivity contribution in [1.82, 2.24) is 10.2 Å². The molecule has 2 saturated heterocycles. The number of hydrogen-bond acceptors (Lipinski definition) is 4. The van der Waals surface area contributed by atoms with Crippen LogP contribution in [0.2, 0.25) is 0 Å². The molecule has 1 spiro atoms. The van der Waals surface area contributed by atoms with Crippen LogP contribution in [0.15, 0.2) is 48.5 Å². The number of ether oxygens (including phenoxy) is 1. The molecule has 3 aliphatic heterocycles. The van der Waals surface area contributed by atoms with E-state index in [1.54, 1.807) is 11.0 Å². The summed E-state index contributed by atoms with van der Waals surface area (Å²) < 4.78 is 5.81. The van der Waals surface area contributed by atoms with E-state index in [1.807, 2.05) is 47.4 Å². The molecule has 3 fully saturated rings. The number of hydrogen-bond donors (Lipinski definition) is 1. The number of likely N-dealkylation sites (tertiary alicyclic amines) is 1. The predicted octanol–water partition coefficient (Wildman–Crippen LogP) is 2.55. The zero-order valence-corrected chi connectivity index (χ0v) is 17.1. The zero-order chi connectivity index (χ0) is 21.2. The number of esters is 1. The van der Waals surface area contributed by atoms with Gasteiger partial charge < -0.3 is 15.0 Å². The van der Waals surface area contributed by atoms with Crippen LogP contribution in [0.4, 0.5) is 10.5 Å². The monoisotopic (exact) mass is 417 g/mol. The standard InChI is InChI=1S/C24H23N3O4/c28-20-18-3-1-2-4-19(18)24(31-20)11-13-26(15-24)21(29)23(9-10-23)16-5-7-17(8-6-16)27-14-12-25-22(27)30/h1-8H,9-15H2,(H,25,30). The summed E-state index contributed by atoms with van der Waals surface area (Å²) in [5.41, 5.74) is 2.13. The Morgan fingerprint density at radius 1 is 0.968 bits per heavy atom. The van der Waals surface area contributed by atoms with Crippen LogP contribution in [0.3, 0.4) is 0 Å². The molecule has 7 nitrogen and oxygen atoms in total. The van der Waals surface area contributed by atoms with Crippen LogP contribution in [0.1, 0.15) is 40.7 Å². The third-order valence-electron chi connectivity index (χ3n) is 7.19. The summed E-state index contributed by atoms with van der Waals surface area (Å²) in [6.07, 6.45) is 2.26. The average molecular weight is 417 g/mol. The lowest BCUT2D eigenvalue weighted by Crippen LogP contribution is -2.40. The van der Waals surface area contributed by atoms with E-state index in [9.17, 15) is 14.4 Å². The van der Waals surface area contributed by atoms with Crippen molar-refractivity contribution in [2.24, 2.45) is 0 Å². The van der Waals surface area contributed by atoms with E-state index in [4.69, 9.17) is 4.74 Å². The van der Waals surface area contributed by atoms with Gasteiger partial charge in [0.1, 0.15) is 0 Å². The average Bonchev–Trinajstić information content (AvgIpc) is 3.18. The predicted molar refractivity (Wildman–Crippen MR) is 113 cm³/mol. The highest BCUT2D eigenvalue weighted by atomic mass is 16.6. The number of carbonyl (C=O) groups is 3. The molecule has 2 aromatic carbocycles. The first-order chi connectivity index (χ1) is 15.0. The Bertz CT molecular complexity index is 1110. The Morgan fingerprint density at radius 3 is 2.45 bits per heavy atom. The van der Waals surface area contributed by atoms with Gasteiger partial charge in [-0.25, -0.2) is 9.59 Å². The third-order valence-corrected chi connectivity index (χ3v) is 7.19. The number of amides is 3. The molecule has 158 valence electrons. The van der Waals surface area contributed by atoms with Crippen LogP contribution in [-0.4, -0.2) is 49.0 Å². The van der Waals surface area contributed by atoms with Gasteiger partial charge >= 0.3 is 12.0 Å². The summed E-state index contributed by atoms with van der Waals surface area (Å²) in [4.78, 5) is 41.4. The van der Waals surface area contributed by atoms with E-state index in [0.717, 1.165) is 29.7 Å². The maximum atomic E-state index is 13.6. The second-order valence-electron chi connectivity index (χ2n) is 8.92. The van der Waals surface area contributed by atoms with Gasteiger partial charge in [0.2, 0.25) is 5.91 Å². The first-order valence-corrected chi connectivity index (χ1v) is 10.8. The molecule has 1 saturated carbocycles. The summed E-state index contributed by atoms with van der Waals surface area (Å²) in [5, 5.41) is 2.80. The highest BCUT2D eigenvalue weighted by Crippen LogP contribution is 2.52. The largest absolute Gasteiger partial charge is 0.449 e. The fraction of sp³-hybridized carbons (Fsp3) is 0.375. The van der Waals surface area contributed by atoms with Gasteiger partial charge in [0.05, 0.1) is 17.5 Å². The summed E-state index contributed by atoms with van der Waals surface area (Å²) in [6, 6.07) is 15.2. The first-order valence-electron chi connectivity index (χ1n) is 10.8. The van der Waals surface area contributed by atoms with Gasteiger partial charge in [-0.1, -0.05) is 30.3 Å². The Labute approximate surface area is 180 Å². The first kappa shape index (κ1) is 18.4. The molecule has 2 aromatic rings. The number of urea groups is 1. The minimum absolute atomic E-state index is 0.0845. The van der Waals surface area contributed by atoms with E-state index in [-0.39, 0.29) is 17.9 Å². The number of carbonyl (C=O) groups excluding carboxylic acids is 3. The lowest BCUT2D eigenvalue weighted by Gasteiger charge is -2.27. The van der Waals surface area contributed by atoms with Crippen LogP contribution < -0.4 is 10.2 Å². The number of nitrogens with one attached hydrogen (secondary N) is 1. The molecule has 3 heterocycles. The van der Waals surface area contributed by atoms with Gasteiger partial charge in [0.25, 0.3) is 0 Å². The molecule has 0 aromatic heterocycles. The SMILES string of the molecule is O=C1OC2(CCN(C(=O)C3(c4ccc(N5CCNC5=O)cc4)CC3)C2)c2ccccc21. The maximum absolute atomic E-state index is 13.6. The molecule has 4 aliphatic rings. The van der Waals surface area contributed by atoms with Crippen LogP contribution in [0.5, 0.6) is 0 Å². The molecular weight excluding hydrogens is 394 g/mol. The highest BCUT2D eigenvalue weighted by Gasteiger charge is 2.57. The van der Waals surface area contributed by atoms with Gasteiger partial charge in [-0.2, -0.15) is 0 Å². The van der Waals surface area contributed by atoms with Gasteiger partial charge in [0, 0.05) is 37.3 Å². The van der Waals surface area contributed by atoms with Crippen LogP contribution >= 0.6 is 0 Å². The number of fused-ring (bicyclic) bond motifs is 2. The van der Waals surface area contributed by atoms with E-state index in [0.29, 0.717) is 38.2 Å². The Kier molecular flexibility index (Phi) is 3.76. The van der Waals surface area contributed by atoms with Gasteiger partial charge in [-0.15, -0.1) is 0 Å². The topological polar surface area (TPSA) is 79.0 Å². The number of nitrogens with zero attached hydrogens (tertiary/aromatic N) is 2. The van der Waals surface area contributed by atoms with Crippen molar-refractivity contribution in [1.29, 1.82) is 0 Å². The van der Waals surface area contributed by atoms with E-state index in [1.165, 1.54) is 0 Å². The Morgan fingerprint density at radius 2 is 1.74 bits per heavy atom. The van der Waals surface area contributed by atoms with Crippen molar-refractivity contribution in [2.75, 3.05) is 31.1 Å². The lowest BCUT2D eigenvalue weighted by molar-refractivity contribution is -0.134. The molecule has 0 radical (unpaired) electrons. The minimum Gasteiger partial charge on any atom is -0.449 e. The number of rotatable bonds is 3. The summed E-state index contributed by atoms with van der Waals surface area (Å²) in [5.74, 6) is -0.191. The molecule has 6 rings (SSSR count). The van der Waals surface area contributed by atoms with Crippen molar-refractivity contribution in [3.63, 3.8) is 0 Å². The number of anilines is 1. The van der Waals surface area contributed by atoms with Crippen LogP contribution in [0.25, 0.3) is 0 Å². The quantitative estimate of drug-likeness (QED) is 0.779. The van der Waals surface area contributed by atoms with Crippen molar-refractivity contribution < 1.29 is 19.1 Å². The molecule has 7 heteroatoms. The van der Waals surface area contributed by atoms with E-state index in [2.05, 4.69) is 5.32 Å². The normalized spacial score (nSPS) is 25.5. The molecule has 3 amide bonds. The molecule has 1 atom stereocenters. The summed E-state index contributed by atoms with van der Waals surface area (Å²) >= 11 is 0. The fourth-order valence-electron chi connectivity index (χ4n) is 5.34. The lowest BCUT2D eigenvalue weighted by atomic mass is 9.91. The van der Waals surface area contributed by atoms with E-state index >= 15 is 0 Å². The van der Waals surface area contributed by atoms with Crippen LogP contribution in [-0.2, 0) is 20.5 Å². The van der Waals surface area contributed by atoms with Crippen molar-refractivity contribution in [3.05, 3.63) is 65.2 Å². The van der Waals surface area contributed by atoms with Crippen molar-refractivity contribution in [2.45, 2.75) is 30.3 Å². The Hall–Kier alpha value is -3.35. The molecule has 0 bridgehead atoms. The van der Waals surface area contributed by atoms with Gasteiger partial charge in [0.15, 0.2) is 5.60 Å². The zero-order valence-electron chi connectivity index (χ0n) is 17.1. The van der Waals surface area contributed by atoms with Crippen molar-refractivity contribution >= 4 is 23.6 Å². The second kappa shape index (κ2) is 6.33. The fourth-order valence-corrected chi connectivity index (χ4v) is 5.34. The summed E-state index contributed by atoms with van der Waals surface area (Å²) in [6.45, 7) is 2.28. The maximum Gasteiger partial charge on any atom is 0.339 e. The second-order valence-corrected chi connectivity index (χ2v) is 8.92. The summed E-state index contributed by atoms with van der Waals surface area (Å²) in [7, 11) is 0. The van der Waals surface area contributed by atoms with E-state index < -0.39 is 11.0 Å². The molecule has 31 heavy (non-hydrogen) atoms. The smallest absolute Gasteiger partial charge is 0.339 e. The third kappa shape index (κ3) is 2.62. The Balaban J connectivity index is 1.23. The van der Waals surface area contributed by atoms with Gasteiger partial charge in [-0.05, 0) is 36.6 Å². The minimum atomic E-state index is -0.716. The molecule has 1 unspecified atom stereocenters.